The maximum absolute atomic E-state index is 14.2. The molecule has 0 N–H and O–H groups in total. The first-order valence-electron chi connectivity index (χ1n) is 13.9. The summed E-state index contributed by atoms with van der Waals surface area (Å²) in [6, 6.07) is 9.95. The third kappa shape index (κ3) is 5.58. The van der Waals surface area contributed by atoms with Crippen molar-refractivity contribution in [1.29, 1.82) is 5.26 Å². The molecule has 0 radical (unpaired) electrons. The van der Waals surface area contributed by atoms with Gasteiger partial charge in [-0.15, -0.1) is 0 Å². The van der Waals surface area contributed by atoms with E-state index in [1.807, 2.05) is 63.8 Å². The van der Waals surface area contributed by atoms with Gasteiger partial charge in [-0.3, -0.25) is 14.5 Å². The second-order valence-corrected chi connectivity index (χ2v) is 10.7. The van der Waals surface area contributed by atoms with E-state index in [9.17, 15) is 10.1 Å². The molecule has 1 aliphatic heterocycles. The van der Waals surface area contributed by atoms with E-state index >= 15 is 0 Å². The molecule has 0 bridgehead atoms. The van der Waals surface area contributed by atoms with Crippen molar-refractivity contribution in [1.82, 2.24) is 34.1 Å². The van der Waals surface area contributed by atoms with Crippen LogP contribution >= 0.6 is 0 Å². The van der Waals surface area contributed by atoms with Gasteiger partial charge in [-0.05, 0) is 70.6 Å². The Balaban J connectivity index is 1.56. The third-order valence-electron chi connectivity index (χ3n) is 7.57. The monoisotopic (exact) mass is 552 g/mol. The highest BCUT2D eigenvalue weighted by Crippen LogP contribution is 2.36. The number of aromatic nitrogens is 5. The summed E-state index contributed by atoms with van der Waals surface area (Å²) >= 11 is 0. The predicted molar refractivity (Wildman–Crippen MR) is 155 cm³/mol. The van der Waals surface area contributed by atoms with E-state index < -0.39 is 0 Å². The molecule has 41 heavy (non-hydrogen) atoms. The number of carbonyl (C=O) groups is 1. The zero-order valence-electron chi connectivity index (χ0n) is 24.5. The van der Waals surface area contributed by atoms with Crippen LogP contribution in [-0.4, -0.2) is 67.3 Å². The van der Waals surface area contributed by atoms with Crippen molar-refractivity contribution in [3.05, 3.63) is 82.3 Å². The molecule has 1 amide bonds. The van der Waals surface area contributed by atoms with Gasteiger partial charge >= 0.3 is 0 Å². The quantitative estimate of drug-likeness (QED) is 0.308. The number of fused-ring (bicyclic) bond motifs is 1. The zero-order chi connectivity index (χ0) is 29.3. The molecule has 0 saturated heterocycles. The summed E-state index contributed by atoms with van der Waals surface area (Å²) in [5, 5.41) is 14.2. The number of nitriles is 1. The number of carbonyl (C=O) groups excluding carboxylic acids is 1. The van der Waals surface area contributed by atoms with Crippen molar-refractivity contribution in [2.75, 3.05) is 27.2 Å². The Morgan fingerprint density at radius 2 is 1.95 bits per heavy atom. The average Bonchev–Trinajstić information content (AvgIpc) is 3.52. The highest BCUT2D eigenvalue weighted by Gasteiger charge is 2.32. The van der Waals surface area contributed by atoms with Crippen LogP contribution in [0.1, 0.15) is 64.1 Å². The van der Waals surface area contributed by atoms with Crippen LogP contribution in [0.3, 0.4) is 0 Å². The van der Waals surface area contributed by atoms with E-state index in [2.05, 4.69) is 37.6 Å². The second kappa shape index (κ2) is 11.6. The van der Waals surface area contributed by atoms with E-state index in [1.54, 1.807) is 12.3 Å². The number of benzene rings is 1. The van der Waals surface area contributed by atoms with E-state index in [-0.39, 0.29) is 11.9 Å². The van der Waals surface area contributed by atoms with Crippen molar-refractivity contribution < 1.29 is 9.53 Å². The Morgan fingerprint density at radius 3 is 2.63 bits per heavy atom. The molecular weight excluding hydrogens is 516 g/mol. The Hall–Kier alpha value is -4.49. The van der Waals surface area contributed by atoms with E-state index in [0.29, 0.717) is 48.7 Å². The van der Waals surface area contributed by atoms with Gasteiger partial charge in [-0.2, -0.15) is 10.4 Å². The molecule has 10 heteroatoms. The summed E-state index contributed by atoms with van der Waals surface area (Å²) in [6.07, 6.45) is 5.97. The van der Waals surface area contributed by atoms with Crippen LogP contribution in [0.15, 0.2) is 42.9 Å². The summed E-state index contributed by atoms with van der Waals surface area (Å²) in [5.41, 5.74) is 6.83. The second-order valence-electron chi connectivity index (χ2n) is 10.7. The van der Waals surface area contributed by atoms with Gasteiger partial charge in [0.2, 0.25) is 0 Å². The largest absolute Gasteiger partial charge is 0.492 e. The van der Waals surface area contributed by atoms with E-state index in [4.69, 9.17) is 9.84 Å². The SMILES string of the molecule is CCOc1cc(C(C)N2CCc3c(cc(Cn4ccnc4C)cc3-c3cc(CN(C)C)nn3C)C2=O)ncc1C#N. The molecule has 212 valence electrons. The molecule has 4 aromatic rings. The molecule has 0 fully saturated rings. The van der Waals surface area contributed by atoms with Crippen molar-refractivity contribution in [2.24, 2.45) is 7.05 Å². The molecule has 10 nitrogen and oxygen atoms in total. The molecular formula is C31H36N8O2. The van der Waals surface area contributed by atoms with Crippen LogP contribution in [0.25, 0.3) is 11.3 Å². The van der Waals surface area contributed by atoms with Gasteiger partial charge in [0, 0.05) is 62.5 Å². The smallest absolute Gasteiger partial charge is 0.254 e. The fourth-order valence-corrected chi connectivity index (χ4v) is 5.52. The van der Waals surface area contributed by atoms with Gasteiger partial charge in [0.15, 0.2) is 0 Å². The molecule has 1 unspecified atom stereocenters. The van der Waals surface area contributed by atoms with Gasteiger partial charge in [0.25, 0.3) is 5.91 Å². The van der Waals surface area contributed by atoms with Gasteiger partial charge in [0.05, 0.1) is 29.7 Å². The minimum Gasteiger partial charge on any atom is -0.492 e. The Labute approximate surface area is 240 Å². The summed E-state index contributed by atoms with van der Waals surface area (Å²) in [5.74, 6) is 1.36. The molecule has 5 rings (SSSR count). The van der Waals surface area contributed by atoms with Crippen molar-refractivity contribution in [3.63, 3.8) is 0 Å². The lowest BCUT2D eigenvalue weighted by Gasteiger charge is -2.34. The minimum atomic E-state index is -0.297. The lowest BCUT2D eigenvalue weighted by Crippen LogP contribution is -2.40. The number of imidazole rings is 1. The Kier molecular flexibility index (Phi) is 7.90. The number of hydrogen-bond donors (Lipinski definition) is 0. The Bertz CT molecular complexity index is 1630. The van der Waals surface area contributed by atoms with Gasteiger partial charge < -0.3 is 19.1 Å². The van der Waals surface area contributed by atoms with Crippen LogP contribution in [-0.2, 0) is 26.6 Å². The van der Waals surface area contributed by atoms with Crippen LogP contribution in [0, 0.1) is 18.3 Å². The lowest BCUT2D eigenvalue weighted by atomic mass is 9.89. The fourth-order valence-electron chi connectivity index (χ4n) is 5.52. The molecule has 1 aliphatic rings. The highest BCUT2D eigenvalue weighted by molar-refractivity contribution is 5.99. The molecule has 0 spiro atoms. The number of hydrogen-bond acceptors (Lipinski definition) is 7. The topological polar surface area (TPSA) is 105 Å². The maximum Gasteiger partial charge on any atom is 0.254 e. The summed E-state index contributed by atoms with van der Waals surface area (Å²) < 4.78 is 9.67. The predicted octanol–water partition coefficient (Wildman–Crippen LogP) is 4.13. The molecule has 3 aromatic heterocycles. The summed E-state index contributed by atoms with van der Waals surface area (Å²) in [4.78, 5) is 27.0. The van der Waals surface area contributed by atoms with Crippen molar-refractivity contribution in [3.8, 4) is 23.1 Å². The molecule has 0 aliphatic carbocycles. The van der Waals surface area contributed by atoms with Crippen molar-refractivity contribution in [2.45, 2.75) is 46.3 Å². The van der Waals surface area contributed by atoms with Crippen LogP contribution in [0.5, 0.6) is 5.75 Å². The van der Waals surface area contributed by atoms with E-state index in [0.717, 1.165) is 40.4 Å². The Morgan fingerprint density at radius 1 is 1.17 bits per heavy atom. The molecule has 0 saturated carbocycles. The normalized spacial score (nSPS) is 13.8. The molecule has 1 aromatic carbocycles. The first kappa shape index (κ1) is 28.1. The number of rotatable bonds is 9. The average molecular weight is 553 g/mol. The number of aryl methyl sites for hydroxylation is 2. The van der Waals surface area contributed by atoms with Gasteiger partial charge in [-0.1, -0.05) is 0 Å². The van der Waals surface area contributed by atoms with Crippen molar-refractivity contribution >= 4 is 5.91 Å². The lowest BCUT2D eigenvalue weighted by molar-refractivity contribution is 0.0669. The van der Waals surface area contributed by atoms with E-state index in [1.165, 1.54) is 6.20 Å². The highest BCUT2D eigenvalue weighted by atomic mass is 16.5. The molecule has 1 atom stereocenters. The minimum absolute atomic E-state index is 0.0380. The summed E-state index contributed by atoms with van der Waals surface area (Å²) in [7, 11) is 6.01. The fraction of sp³-hybridized carbons (Fsp3) is 0.387. The van der Waals surface area contributed by atoms with Gasteiger partial charge in [0.1, 0.15) is 23.2 Å². The number of amides is 1. The third-order valence-corrected chi connectivity index (χ3v) is 7.57. The van der Waals surface area contributed by atoms with Gasteiger partial charge in [-0.25, -0.2) is 4.98 Å². The standard InChI is InChI=1S/C31H36N8O2/c1-7-41-30-15-28(34-17-23(30)16-32)20(2)39-10-8-25-26(29-14-24(19-36(4)5)35-37(29)6)12-22(13-27(25)31(39)40)18-38-11-9-33-21(38)3/h9,11-15,17,20H,7-8,10,18-19H2,1-6H3. The number of nitrogens with zero attached hydrogens (tertiary/aromatic N) is 8. The number of pyridine rings is 1. The first-order chi connectivity index (χ1) is 19.7. The van der Waals surface area contributed by atoms with Crippen LogP contribution in [0.2, 0.25) is 0 Å². The van der Waals surface area contributed by atoms with Crippen LogP contribution in [0.4, 0.5) is 0 Å². The molecule has 4 heterocycles. The number of ether oxygens (including phenoxy) is 1. The zero-order valence-corrected chi connectivity index (χ0v) is 24.5. The first-order valence-corrected chi connectivity index (χ1v) is 13.9. The summed E-state index contributed by atoms with van der Waals surface area (Å²) in [6.45, 7) is 8.15. The maximum atomic E-state index is 14.2. The van der Waals surface area contributed by atoms with Crippen LogP contribution < -0.4 is 4.74 Å².